The Hall–Kier alpha value is -3.58. The maximum absolute atomic E-state index is 13.3. The first-order chi connectivity index (χ1) is 15.1. The molecule has 3 aliphatic rings. The third kappa shape index (κ3) is 3.27. The number of ether oxygens (including phenoxy) is 5. The van der Waals surface area contributed by atoms with Gasteiger partial charge in [0.25, 0.3) is 0 Å². The van der Waals surface area contributed by atoms with Gasteiger partial charge in [-0.1, -0.05) is 30.3 Å². The van der Waals surface area contributed by atoms with Gasteiger partial charge in [0.2, 0.25) is 6.79 Å². The second kappa shape index (κ2) is 7.59. The van der Waals surface area contributed by atoms with Crippen molar-refractivity contribution in [2.75, 3.05) is 20.5 Å². The van der Waals surface area contributed by atoms with Crippen molar-refractivity contribution in [1.82, 2.24) is 0 Å². The lowest BCUT2D eigenvalue weighted by molar-refractivity contribution is -0.136. The molecular weight excluding hydrogens is 400 g/mol. The van der Waals surface area contributed by atoms with Crippen LogP contribution in [0.4, 0.5) is 0 Å². The number of methoxy groups -OCH3 is 1. The number of fused-ring (bicyclic) bond motifs is 2. The van der Waals surface area contributed by atoms with Crippen molar-refractivity contribution < 1.29 is 33.3 Å². The Morgan fingerprint density at radius 3 is 2.65 bits per heavy atom. The lowest BCUT2D eigenvalue weighted by Gasteiger charge is -2.37. The predicted octanol–water partition coefficient (Wildman–Crippen LogP) is 3.20. The van der Waals surface area contributed by atoms with Crippen molar-refractivity contribution in [2.45, 2.75) is 12.2 Å². The molecule has 2 atom stereocenters. The van der Waals surface area contributed by atoms with Gasteiger partial charge in [0, 0.05) is 25.3 Å². The molecule has 31 heavy (non-hydrogen) atoms. The lowest BCUT2D eigenvalue weighted by atomic mass is 9.75. The van der Waals surface area contributed by atoms with E-state index in [1.54, 1.807) is 18.2 Å². The Morgan fingerprint density at radius 1 is 1.03 bits per heavy atom. The molecule has 1 saturated heterocycles. The third-order valence-electron chi connectivity index (χ3n) is 5.71. The molecule has 7 nitrogen and oxygen atoms in total. The van der Waals surface area contributed by atoms with E-state index >= 15 is 0 Å². The molecule has 1 fully saturated rings. The normalized spacial score (nSPS) is 24.1. The lowest BCUT2D eigenvalue weighted by Crippen LogP contribution is -2.53. The molecule has 0 bridgehead atoms. The third-order valence-corrected chi connectivity index (χ3v) is 5.71. The fourth-order valence-corrected chi connectivity index (χ4v) is 4.01. The molecule has 0 amide bonds. The summed E-state index contributed by atoms with van der Waals surface area (Å²) in [5, 5.41) is 0. The van der Waals surface area contributed by atoms with Gasteiger partial charge in [-0.05, 0) is 17.7 Å². The van der Waals surface area contributed by atoms with Crippen LogP contribution in [0.1, 0.15) is 15.9 Å². The number of carbonyl (C=O) groups excluding carboxylic acids is 2. The Bertz CT molecular complexity index is 1100. The summed E-state index contributed by atoms with van der Waals surface area (Å²) < 4.78 is 28.0. The summed E-state index contributed by atoms with van der Waals surface area (Å²) >= 11 is 0. The average molecular weight is 420 g/mol. The molecule has 7 heteroatoms. The number of benzene rings is 2. The Kier molecular flexibility index (Phi) is 4.75. The number of carbonyl (C=O) groups is 2. The van der Waals surface area contributed by atoms with Crippen LogP contribution >= 0.6 is 0 Å². The largest absolute Gasteiger partial charge is 0.492 e. The fourth-order valence-electron chi connectivity index (χ4n) is 4.01. The first kappa shape index (κ1) is 19.4. The maximum atomic E-state index is 13.3. The van der Waals surface area contributed by atoms with E-state index in [2.05, 4.69) is 0 Å². The minimum atomic E-state index is -1.51. The van der Waals surface area contributed by atoms with Crippen LogP contribution in [0.25, 0.3) is 0 Å². The Morgan fingerprint density at radius 2 is 1.84 bits per heavy atom. The van der Waals surface area contributed by atoms with Crippen LogP contribution in [0, 0.1) is 5.92 Å². The first-order valence-electron chi connectivity index (χ1n) is 9.88. The van der Waals surface area contributed by atoms with E-state index in [0.717, 1.165) is 5.56 Å². The second-order valence-electron chi connectivity index (χ2n) is 7.45. The Balaban J connectivity index is 1.39. The monoisotopic (exact) mass is 420 g/mol. The average Bonchev–Trinajstić information content (AvgIpc) is 3.25. The van der Waals surface area contributed by atoms with Crippen LogP contribution in [0.15, 0.2) is 72.2 Å². The van der Waals surface area contributed by atoms with Gasteiger partial charge < -0.3 is 23.7 Å². The van der Waals surface area contributed by atoms with Gasteiger partial charge in [0.05, 0.1) is 11.5 Å². The standard InChI is InChI=1S/C24H20O7/c1-27-24(11-21-20(10-22(24)25)30-14-31-21)18-13-29-19-9-16(7-8-17(19)23(18)26)28-12-15-5-3-2-4-6-15/h2-11,18H,12-14H2,1H3/t18-,24-/m1/s1. The van der Waals surface area contributed by atoms with Gasteiger partial charge in [-0.25, -0.2) is 0 Å². The number of rotatable bonds is 5. The Labute approximate surface area is 178 Å². The van der Waals surface area contributed by atoms with Crippen molar-refractivity contribution in [1.29, 1.82) is 0 Å². The van der Waals surface area contributed by atoms with Gasteiger partial charge in [-0.15, -0.1) is 0 Å². The molecule has 0 saturated carbocycles. The molecule has 2 aliphatic heterocycles. The molecule has 158 valence electrons. The molecule has 2 heterocycles. The minimum Gasteiger partial charge on any atom is -0.492 e. The van der Waals surface area contributed by atoms with Crippen LogP contribution in [-0.4, -0.2) is 37.7 Å². The van der Waals surface area contributed by atoms with Crippen LogP contribution in [0.5, 0.6) is 11.5 Å². The molecule has 5 rings (SSSR count). The highest BCUT2D eigenvalue weighted by Crippen LogP contribution is 2.41. The summed E-state index contributed by atoms with van der Waals surface area (Å²) in [6.07, 6.45) is 2.83. The zero-order valence-corrected chi connectivity index (χ0v) is 16.8. The van der Waals surface area contributed by atoms with Gasteiger partial charge >= 0.3 is 0 Å². The van der Waals surface area contributed by atoms with Crippen molar-refractivity contribution in [3.63, 3.8) is 0 Å². The second-order valence-corrected chi connectivity index (χ2v) is 7.45. The maximum Gasteiger partial charge on any atom is 0.231 e. The zero-order valence-electron chi connectivity index (χ0n) is 16.8. The van der Waals surface area contributed by atoms with E-state index in [9.17, 15) is 9.59 Å². The van der Waals surface area contributed by atoms with Crippen molar-refractivity contribution in [3.8, 4) is 11.5 Å². The van der Waals surface area contributed by atoms with Crippen LogP contribution in [-0.2, 0) is 25.6 Å². The highest BCUT2D eigenvalue weighted by atomic mass is 16.7. The summed E-state index contributed by atoms with van der Waals surface area (Å²) in [5.41, 5.74) is -0.0953. The highest BCUT2D eigenvalue weighted by Gasteiger charge is 2.53. The van der Waals surface area contributed by atoms with E-state index in [-0.39, 0.29) is 25.0 Å². The van der Waals surface area contributed by atoms with Crippen LogP contribution in [0.3, 0.4) is 0 Å². The quantitative estimate of drug-likeness (QED) is 0.735. The summed E-state index contributed by atoms with van der Waals surface area (Å²) in [5.74, 6) is 0.280. The van der Waals surface area contributed by atoms with E-state index in [0.29, 0.717) is 35.2 Å². The molecule has 0 N–H and O–H groups in total. The molecule has 0 spiro atoms. The molecule has 2 aromatic carbocycles. The number of hydrogen-bond acceptors (Lipinski definition) is 7. The summed E-state index contributed by atoms with van der Waals surface area (Å²) in [7, 11) is 1.40. The molecule has 0 aromatic heterocycles. The van der Waals surface area contributed by atoms with Gasteiger partial charge in [-0.2, -0.15) is 0 Å². The van der Waals surface area contributed by atoms with E-state index in [4.69, 9.17) is 23.7 Å². The van der Waals surface area contributed by atoms with Gasteiger partial charge in [-0.3, -0.25) is 9.59 Å². The minimum absolute atomic E-state index is 0.0125. The van der Waals surface area contributed by atoms with E-state index in [1.807, 2.05) is 30.3 Å². The zero-order chi connectivity index (χ0) is 21.4. The summed E-state index contributed by atoms with van der Waals surface area (Å²) in [6.45, 7) is 0.414. The van der Waals surface area contributed by atoms with Crippen molar-refractivity contribution in [3.05, 3.63) is 83.3 Å². The SMILES string of the molecule is CO[C@@]1([C@@H]2COc3cc(OCc4ccccc4)ccc3C2=O)C=C2OCOC2=CC1=O. The molecular formula is C24H20O7. The van der Waals surface area contributed by atoms with E-state index < -0.39 is 11.5 Å². The van der Waals surface area contributed by atoms with Gasteiger partial charge in [0.1, 0.15) is 24.7 Å². The highest BCUT2D eigenvalue weighted by molar-refractivity contribution is 6.10. The van der Waals surface area contributed by atoms with Crippen molar-refractivity contribution >= 4 is 11.6 Å². The number of Topliss-reactive ketones (excluding diaryl/α,β-unsaturated/α-hetero) is 1. The smallest absolute Gasteiger partial charge is 0.231 e. The number of hydrogen-bond donors (Lipinski definition) is 0. The topological polar surface area (TPSA) is 80.3 Å². The molecule has 0 radical (unpaired) electrons. The van der Waals surface area contributed by atoms with E-state index in [1.165, 1.54) is 19.3 Å². The fraction of sp³-hybridized carbons (Fsp3) is 0.250. The predicted molar refractivity (Wildman–Crippen MR) is 108 cm³/mol. The van der Waals surface area contributed by atoms with Crippen LogP contribution in [0.2, 0.25) is 0 Å². The molecule has 2 aromatic rings. The summed E-state index contributed by atoms with van der Waals surface area (Å²) in [6, 6.07) is 14.9. The number of ketones is 2. The van der Waals surface area contributed by atoms with Crippen molar-refractivity contribution in [2.24, 2.45) is 5.92 Å². The molecule has 0 unspecified atom stereocenters. The van der Waals surface area contributed by atoms with Gasteiger partial charge in [0.15, 0.2) is 28.7 Å². The van der Waals surface area contributed by atoms with Crippen LogP contribution < -0.4 is 9.47 Å². The first-order valence-corrected chi connectivity index (χ1v) is 9.88. The summed E-state index contributed by atoms with van der Waals surface area (Å²) in [4.78, 5) is 26.2. The molecule has 1 aliphatic carbocycles.